The molecule has 0 spiro atoms. The number of carboxylic acid groups (broad SMARTS) is 1. The van der Waals surface area contributed by atoms with Crippen LogP contribution in [0.1, 0.15) is 6.99 Å². The van der Waals surface area contributed by atoms with E-state index in [1.807, 2.05) is 42.1 Å². The summed E-state index contributed by atoms with van der Waals surface area (Å²) in [4.78, 5) is 10.7. The Morgan fingerprint density at radius 1 is 1.48 bits per heavy atom. The summed E-state index contributed by atoms with van der Waals surface area (Å²) >= 11 is 0. The molecule has 8 nitrogen and oxygen atoms in total. The van der Waals surface area contributed by atoms with Gasteiger partial charge in [0.05, 0.1) is 0 Å². The number of rotatable bonds is 3. The number of aromatic nitrogens is 1. The summed E-state index contributed by atoms with van der Waals surface area (Å²) in [5, 5.41) is 9.86. The predicted molar refractivity (Wildman–Crippen MR) is 75.7 cm³/mol. The fourth-order valence-electron chi connectivity index (χ4n) is 1.91. The molecule has 0 saturated carbocycles. The maximum absolute atomic E-state index is 10.7. The van der Waals surface area contributed by atoms with E-state index in [1.165, 1.54) is 0 Å². The van der Waals surface area contributed by atoms with Gasteiger partial charge in [-0.05, 0) is 11.6 Å². The van der Waals surface area contributed by atoms with Crippen LogP contribution in [0.4, 0.5) is 0 Å². The normalized spacial score (nSPS) is 12.6. The summed E-state index contributed by atoms with van der Waals surface area (Å²) in [6.45, 7) is 0. The standard InChI is InChI=1S/C12H14N2O2.H2O4S/c1-14-7-8(6-10(13)12(15)16)9-4-2-3-5-11(9)14;1-5(2,3)4/h2-5,7,10H,6,13H2,1H3,(H,15,16);(H2,1,2,3,4)/t10-;/m1./s1. The van der Waals surface area contributed by atoms with Gasteiger partial charge in [0.15, 0.2) is 0 Å². The highest BCUT2D eigenvalue weighted by Gasteiger charge is 2.15. The van der Waals surface area contributed by atoms with E-state index in [9.17, 15) is 4.79 Å². The number of para-hydroxylation sites is 1. The predicted octanol–water partition coefficient (Wildman–Crippen LogP) is 0.250. The van der Waals surface area contributed by atoms with Gasteiger partial charge in [0.1, 0.15) is 6.04 Å². The lowest BCUT2D eigenvalue weighted by Crippen LogP contribution is -2.32. The largest absolute Gasteiger partial charge is 1.00 e. The Labute approximate surface area is 122 Å². The third-order valence-electron chi connectivity index (χ3n) is 2.74. The first-order valence-corrected chi connectivity index (χ1v) is 7.15. The molecule has 21 heavy (non-hydrogen) atoms. The van der Waals surface area contributed by atoms with E-state index < -0.39 is 22.4 Å². The van der Waals surface area contributed by atoms with Gasteiger partial charge in [-0.3, -0.25) is 9.35 Å². The molecule has 0 aliphatic carbocycles. The summed E-state index contributed by atoms with van der Waals surface area (Å²) in [5.41, 5.74) is 7.61. The van der Waals surface area contributed by atoms with Crippen LogP contribution in [0.3, 0.4) is 0 Å². The minimum Gasteiger partial charge on any atom is -0.726 e. The van der Waals surface area contributed by atoms with Gasteiger partial charge in [-0.25, -0.2) is 8.42 Å². The SMILES string of the molecule is Cn1cc(C[C@@H](N)C(=O)O)c2ccccc21.O=S(=O)([O-])O.[H+]. The molecule has 1 aromatic carbocycles. The Kier molecular flexibility index (Phi) is 5.44. The fraction of sp³-hybridized carbons (Fsp3) is 0.250. The molecule has 1 aromatic heterocycles. The average molecular weight is 316 g/mol. The van der Waals surface area contributed by atoms with E-state index in [2.05, 4.69) is 0 Å². The van der Waals surface area contributed by atoms with Gasteiger partial charge in [-0.15, -0.1) is 0 Å². The molecule has 0 fully saturated rings. The zero-order chi connectivity index (χ0) is 16.2. The minimum absolute atomic E-state index is 0. The topological polar surface area (TPSA) is 146 Å². The number of fused-ring (bicyclic) bond motifs is 1. The van der Waals surface area contributed by atoms with Gasteiger partial charge >= 0.3 is 7.40 Å². The number of carbonyl (C=O) groups is 1. The first-order valence-electron chi connectivity index (χ1n) is 5.79. The first-order chi connectivity index (χ1) is 9.59. The minimum atomic E-state index is -4.92. The monoisotopic (exact) mass is 316 g/mol. The lowest BCUT2D eigenvalue weighted by Gasteiger charge is -2.04. The lowest BCUT2D eigenvalue weighted by atomic mass is 10.1. The van der Waals surface area contributed by atoms with E-state index in [4.69, 9.17) is 28.4 Å². The molecule has 4 N–H and O–H groups in total. The van der Waals surface area contributed by atoms with Crippen molar-refractivity contribution in [2.24, 2.45) is 12.8 Å². The van der Waals surface area contributed by atoms with Crippen molar-refractivity contribution >= 4 is 27.3 Å². The van der Waals surface area contributed by atoms with E-state index in [-0.39, 0.29) is 1.43 Å². The van der Waals surface area contributed by atoms with Crippen LogP contribution >= 0.6 is 0 Å². The quantitative estimate of drug-likeness (QED) is 0.543. The number of hydrogen-bond acceptors (Lipinski definition) is 5. The molecule has 0 radical (unpaired) electrons. The van der Waals surface area contributed by atoms with Crippen molar-refractivity contribution in [3.63, 3.8) is 0 Å². The Morgan fingerprint density at radius 3 is 2.52 bits per heavy atom. The number of benzene rings is 1. The zero-order valence-electron chi connectivity index (χ0n) is 12.1. The van der Waals surface area contributed by atoms with Gasteiger partial charge in [0.25, 0.3) is 0 Å². The molecule has 0 aliphatic heterocycles. The number of aliphatic carboxylic acids is 1. The zero-order valence-corrected chi connectivity index (χ0v) is 11.9. The van der Waals surface area contributed by atoms with Crippen molar-refractivity contribution in [3.8, 4) is 0 Å². The summed E-state index contributed by atoms with van der Waals surface area (Å²) in [5.74, 6) is -0.965. The van der Waals surface area contributed by atoms with Crippen molar-refractivity contribution in [3.05, 3.63) is 36.0 Å². The molecule has 0 aliphatic rings. The molecular formula is C12H16N2O6S. The van der Waals surface area contributed by atoms with Gasteiger partial charge in [0.2, 0.25) is 10.4 Å². The number of nitrogens with two attached hydrogens (primary N) is 1. The van der Waals surface area contributed by atoms with Crippen LogP contribution in [-0.4, -0.2) is 39.2 Å². The van der Waals surface area contributed by atoms with Crippen LogP contribution in [-0.2, 0) is 28.7 Å². The second kappa shape index (κ2) is 6.68. The fourth-order valence-corrected chi connectivity index (χ4v) is 1.91. The second-order valence-electron chi connectivity index (χ2n) is 4.36. The van der Waals surface area contributed by atoms with E-state index in [1.54, 1.807) is 0 Å². The smallest absolute Gasteiger partial charge is 0.726 e. The molecule has 116 valence electrons. The molecule has 2 rings (SSSR count). The van der Waals surface area contributed by atoms with Gasteiger partial charge < -0.3 is 20.0 Å². The Balaban J connectivity index is 0.000000644. The third-order valence-corrected chi connectivity index (χ3v) is 2.74. The van der Waals surface area contributed by atoms with Gasteiger partial charge in [-0.2, -0.15) is 0 Å². The highest BCUT2D eigenvalue weighted by Crippen LogP contribution is 2.21. The molecular weight excluding hydrogens is 300 g/mol. The highest BCUT2D eigenvalue weighted by atomic mass is 32.3. The third kappa shape index (κ3) is 5.52. The molecule has 1 heterocycles. The van der Waals surface area contributed by atoms with E-state index in [0.717, 1.165) is 16.5 Å². The Hall–Kier alpha value is -1.94. The van der Waals surface area contributed by atoms with Crippen LogP contribution in [0.2, 0.25) is 0 Å². The average Bonchev–Trinajstić information content (AvgIpc) is 2.65. The van der Waals surface area contributed by atoms with Crippen molar-refractivity contribution in [2.75, 3.05) is 0 Å². The number of hydrogen-bond donors (Lipinski definition) is 3. The van der Waals surface area contributed by atoms with E-state index >= 15 is 0 Å². The van der Waals surface area contributed by atoms with E-state index in [0.29, 0.717) is 6.42 Å². The van der Waals surface area contributed by atoms with Crippen LogP contribution < -0.4 is 5.73 Å². The molecule has 0 unspecified atom stereocenters. The van der Waals surface area contributed by atoms with Crippen molar-refractivity contribution in [1.29, 1.82) is 0 Å². The maximum atomic E-state index is 10.7. The van der Waals surface area contributed by atoms with Crippen molar-refractivity contribution in [2.45, 2.75) is 12.5 Å². The van der Waals surface area contributed by atoms with Crippen molar-refractivity contribution in [1.82, 2.24) is 4.57 Å². The van der Waals surface area contributed by atoms with Crippen LogP contribution in [0, 0.1) is 0 Å². The number of nitrogens with zero attached hydrogens (tertiary/aromatic N) is 1. The summed E-state index contributed by atoms with van der Waals surface area (Å²) in [6.07, 6.45) is 2.30. The molecule has 0 saturated heterocycles. The number of carboxylic acids is 1. The molecule has 9 heteroatoms. The first kappa shape index (κ1) is 17.1. The molecule has 0 bridgehead atoms. The molecule has 0 amide bonds. The van der Waals surface area contributed by atoms with Gasteiger partial charge in [-0.1, -0.05) is 18.2 Å². The van der Waals surface area contributed by atoms with Gasteiger partial charge in [0, 0.05) is 30.6 Å². The summed E-state index contributed by atoms with van der Waals surface area (Å²) < 4.78 is 34.8. The summed E-state index contributed by atoms with van der Waals surface area (Å²) in [6, 6.07) is 7.05. The maximum Gasteiger partial charge on any atom is 1.00 e. The Bertz CT molecular complexity index is 735. The van der Waals surface area contributed by atoms with Crippen molar-refractivity contribution < 1.29 is 28.9 Å². The molecule has 2 aromatic rings. The van der Waals surface area contributed by atoms with Crippen LogP contribution in [0.5, 0.6) is 0 Å². The summed E-state index contributed by atoms with van der Waals surface area (Å²) in [7, 11) is -2.97. The number of aryl methyl sites for hydroxylation is 1. The molecule has 1 atom stereocenters. The Morgan fingerprint density at radius 2 is 2.00 bits per heavy atom. The second-order valence-corrected chi connectivity index (χ2v) is 5.21. The van der Waals surface area contributed by atoms with Crippen LogP contribution in [0.15, 0.2) is 30.5 Å². The van der Waals surface area contributed by atoms with Crippen LogP contribution in [0.25, 0.3) is 10.9 Å². The lowest BCUT2D eigenvalue weighted by molar-refractivity contribution is -0.138. The highest BCUT2D eigenvalue weighted by molar-refractivity contribution is 7.79.